The Bertz CT molecular complexity index is 716. The van der Waals surface area contributed by atoms with Crippen LogP contribution in [-0.4, -0.2) is 4.21 Å². The van der Waals surface area contributed by atoms with Crippen LogP contribution in [0.1, 0.15) is 5.56 Å². The van der Waals surface area contributed by atoms with Gasteiger partial charge in [-0.2, -0.15) is 4.36 Å². The lowest BCUT2D eigenvalue weighted by Crippen LogP contribution is -1.94. The molecule has 0 saturated heterocycles. The first-order chi connectivity index (χ1) is 9.37. The lowest BCUT2D eigenvalue weighted by atomic mass is 10.2. The highest BCUT2D eigenvalue weighted by Crippen LogP contribution is 2.37. The third kappa shape index (κ3) is 4.27. The van der Waals surface area contributed by atoms with E-state index in [0.29, 0.717) is 5.02 Å². The Morgan fingerprint density at radius 2 is 1.55 bits per heavy atom. The Hall–Kier alpha value is -0.450. The molecule has 0 spiro atoms. The van der Waals surface area contributed by atoms with Crippen molar-refractivity contribution in [1.29, 1.82) is 0 Å². The summed E-state index contributed by atoms with van der Waals surface area (Å²) in [6.45, 7) is 0. The van der Waals surface area contributed by atoms with Crippen LogP contribution in [-0.2, 0) is 14.7 Å². The highest BCUT2D eigenvalue weighted by Gasteiger charge is 2.12. The molecule has 2 aromatic rings. The van der Waals surface area contributed by atoms with Crippen molar-refractivity contribution in [2.45, 2.75) is 5.75 Å². The van der Waals surface area contributed by atoms with Gasteiger partial charge in [-0.25, -0.2) is 4.21 Å². The highest BCUT2D eigenvalue weighted by molar-refractivity contribution is 8.15. The third-order valence-electron chi connectivity index (χ3n) is 2.40. The van der Waals surface area contributed by atoms with Crippen molar-refractivity contribution in [3.63, 3.8) is 0 Å². The van der Waals surface area contributed by atoms with Gasteiger partial charge in [-0.05, 0) is 28.4 Å². The Morgan fingerprint density at radius 1 is 1.00 bits per heavy atom. The fraction of sp³-hybridized carbons (Fsp3) is 0.0769. The minimum atomic E-state index is -3.01. The molecular formula is C13H9Cl4NOS. The Morgan fingerprint density at radius 3 is 2.10 bits per heavy atom. The summed E-state index contributed by atoms with van der Waals surface area (Å²) in [7, 11) is 2.99. The highest BCUT2D eigenvalue weighted by atomic mass is 35.7. The van der Waals surface area contributed by atoms with Gasteiger partial charge in [0.1, 0.15) is 14.6 Å². The summed E-state index contributed by atoms with van der Waals surface area (Å²) in [5, 5.41) is 0.802. The SMILES string of the molecule is O=S(Cl)(Cc1ccccc1)=Nc1c(Cl)cc(Cl)cc1Cl. The summed E-state index contributed by atoms with van der Waals surface area (Å²) < 4.78 is 16.4. The average Bonchev–Trinajstić information content (AvgIpc) is 2.34. The molecule has 0 fully saturated rings. The van der Waals surface area contributed by atoms with E-state index >= 15 is 0 Å². The zero-order valence-electron chi connectivity index (χ0n) is 10.0. The molecule has 2 rings (SSSR count). The summed E-state index contributed by atoms with van der Waals surface area (Å²) in [5.41, 5.74) is 1.01. The molecule has 20 heavy (non-hydrogen) atoms. The number of hydrogen-bond acceptors (Lipinski definition) is 2. The van der Waals surface area contributed by atoms with Crippen molar-refractivity contribution in [3.8, 4) is 0 Å². The molecule has 1 unspecified atom stereocenters. The maximum absolute atomic E-state index is 12.4. The Kier molecular flexibility index (Phi) is 5.21. The van der Waals surface area contributed by atoms with E-state index in [1.165, 1.54) is 12.1 Å². The van der Waals surface area contributed by atoms with E-state index in [2.05, 4.69) is 4.36 Å². The molecule has 0 amide bonds. The normalized spacial score (nSPS) is 13.8. The first kappa shape index (κ1) is 15.9. The molecule has 7 heteroatoms. The van der Waals surface area contributed by atoms with Crippen LogP contribution in [0.5, 0.6) is 0 Å². The number of rotatable bonds is 3. The quantitative estimate of drug-likeness (QED) is 0.601. The molecule has 0 heterocycles. The maximum atomic E-state index is 12.4. The molecule has 0 aliphatic rings. The standard InChI is InChI=1S/C13H9Cl4NOS/c14-10-6-11(15)13(12(16)7-10)18-20(17,19)8-9-4-2-1-3-5-9/h1-7H,8H2. The second kappa shape index (κ2) is 6.54. The predicted octanol–water partition coefficient (Wildman–Crippen LogP) is 6.10. The van der Waals surface area contributed by atoms with Crippen molar-refractivity contribution in [2.24, 2.45) is 4.36 Å². The smallest absolute Gasteiger partial charge is 0.139 e. The minimum Gasteiger partial charge on any atom is -0.233 e. The van der Waals surface area contributed by atoms with E-state index in [1.54, 1.807) is 0 Å². The van der Waals surface area contributed by atoms with Crippen molar-refractivity contribution in [2.75, 3.05) is 0 Å². The molecule has 0 N–H and O–H groups in total. The summed E-state index contributed by atoms with van der Waals surface area (Å²) in [5.74, 6) is 0.102. The molecule has 0 aliphatic carbocycles. The third-order valence-corrected chi connectivity index (χ3v) is 4.87. The van der Waals surface area contributed by atoms with Crippen LogP contribution in [0, 0.1) is 0 Å². The number of hydrogen-bond donors (Lipinski definition) is 0. The molecule has 0 saturated carbocycles. The van der Waals surface area contributed by atoms with Gasteiger partial charge in [0.2, 0.25) is 0 Å². The summed E-state index contributed by atoms with van der Waals surface area (Å²) in [4.78, 5) is 0. The fourth-order valence-electron chi connectivity index (χ4n) is 1.57. The van der Waals surface area contributed by atoms with E-state index in [9.17, 15) is 4.21 Å². The van der Waals surface area contributed by atoms with Gasteiger partial charge < -0.3 is 0 Å². The van der Waals surface area contributed by atoms with Gasteiger partial charge in [0.15, 0.2) is 0 Å². The van der Waals surface area contributed by atoms with Crippen LogP contribution >= 0.6 is 45.5 Å². The summed E-state index contributed by atoms with van der Waals surface area (Å²) >= 11 is 17.8. The predicted molar refractivity (Wildman–Crippen MR) is 87.7 cm³/mol. The zero-order chi connectivity index (χ0) is 14.8. The van der Waals surface area contributed by atoms with Crippen LogP contribution in [0.15, 0.2) is 46.8 Å². The van der Waals surface area contributed by atoms with Crippen LogP contribution in [0.3, 0.4) is 0 Å². The summed E-state index contributed by atoms with van der Waals surface area (Å²) in [6.07, 6.45) is 0. The van der Waals surface area contributed by atoms with Crippen LogP contribution in [0.2, 0.25) is 15.1 Å². The van der Waals surface area contributed by atoms with Gasteiger partial charge in [-0.3, -0.25) is 0 Å². The zero-order valence-corrected chi connectivity index (χ0v) is 13.9. The van der Waals surface area contributed by atoms with E-state index in [0.717, 1.165) is 5.56 Å². The Balaban J connectivity index is 2.41. The largest absolute Gasteiger partial charge is 0.233 e. The minimum absolute atomic E-state index is 0.102. The van der Waals surface area contributed by atoms with E-state index in [-0.39, 0.29) is 21.5 Å². The van der Waals surface area contributed by atoms with E-state index < -0.39 is 8.94 Å². The van der Waals surface area contributed by atoms with Crippen molar-refractivity contribution < 1.29 is 4.21 Å². The maximum Gasteiger partial charge on any atom is 0.139 e. The van der Waals surface area contributed by atoms with Gasteiger partial charge >= 0.3 is 0 Å². The number of benzene rings is 2. The molecule has 2 aromatic carbocycles. The topological polar surface area (TPSA) is 29.4 Å². The average molecular weight is 369 g/mol. The molecular weight excluding hydrogens is 360 g/mol. The molecule has 1 atom stereocenters. The second-order valence-corrected chi connectivity index (χ2v) is 8.30. The number of nitrogens with zero attached hydrogens (tertiary/aromatic N) is 1. The van der Waals surface area contributed by atoms with Gasteiger partial charge in [-0.15, -0.1) is 0 Å². The number of halogens is 4. The molecule has 2 nitrogen and oxygen atoms in total. The van der Waals surface area contributed by atoms with Crippen molar-refractivity contribution >= 4 is 60.1 Å². The lowest BCUT2D eigenvalue weighted by Gasteiger charge is -2.06. The van der Waals surface area contributed by atoms with Crippen LogP contribution in [0.25, 0.3) is 0 Å². The molecule has 0 radical (unpaired) electrons. The first-order valence-corrected chi connectivity index (χ1v) is 9.15. The molecule has 0 aliphatic heterocycles. The summed E-state index contributed by atoms with van der Waals surface area (Å²) in [6, 6.07) is 12.1. The van der Waals surface area contributed by atoms with E-state index in [1.807, 2.05) is 30.3 Å². The first-order valence-electron chi connectivity index (χ1n) is 5.50. The van der Waals surface area contributed by atoms with Crippen LogP contribution < -0.4 is 0 Å². The van der Waals surface area contributed by atoms with Gasteiger partial charge in [0, 0.05) is 5.02 Å². The molecule has 0 bridgehead atoms. The van der Waals surface area contributed by atoms with Crippen molar-refractivity contribution in [1.82, 2.24) is 0 Å². The van der Waals surface area contributed by atoms with E-state index in [4.69, 9.17) is 45.5 Å². The second-order valence-electron chi connectivity index (χ2n) is 4.00. The lowest BCUT2D eigenvalue weighted by molar-refractivity contribution is 0.685. The van der Waals surface area contributed by atoms with Gasteiger partial charge in [0.25, 0.3) is 0 Å². The monoisotopic (exact) mass is 367 g/mol. The molecule has 0 aromatic heterocycles. The fourth-order valence-corrected chi connectivity index (χ4v) is 4.29. The van der Waals surface area contributed by atoms with Crippen molar-refractivity contribution in [3.05, 3.63) is 63.1 Å². The van der Waals surface area contributed by atoms with Gasteiger partial charge in [-0.1, -0.05) is 65.1 Å². The molecule has 106 valence electrons. The van der Waals surface area contributed by atoms with Gasteiger partial charge in [0.05, 0.1) is 15.8 Å². The van der Waals surface area contributed by atoms with Crippen LogP contribution in [0.4, 0.5) is 5.69 Å². The Labute approximate surface area is 137 Å².